The maximum atomic E-state index is 12.7. The van der Waals surface area contributed by atoms with Gasteiger partial charge in [-0.15, -0.1) is 0 Å². The molecule has 9 heteroatoms. The second kappa shape index (κ2) is 11.9. The highest BCUT2D eigenvalue weighted by atomic mass is 16.5. The molecule has 41 heavy (non-hydrogen) atoms. The molecule has 1 aliphatic rings. The van der Waals surface area contributed by atoms with Crippen molar-refractivity contribution in [1.82, 2.24) is 19.4 Å². The van der Waals surface area contributed by atoms with E-state index in [4.69, 9.17) is 9.72 Å². The fourth-order valence-corrected chi connectivity index (χ4v) is 5.34. The smallest absolute Gasteiger partial charge is 0.248 e. The Morgan fingerprint density at radius 1 is 1.22 bits per heavy atom. The van der Waals surface area contributed by atoms with Crippen LogP contribution in [0.15, 0.2) is 73.6 Å². The molecule has 1 fully saturated rings. The molecule has 0 unspecified atom stereocenters. The first-order chi connectivity index (χ1) is 19.8. The number of carbonyl (C=O) groups is 1. The van der Waals surface area contributed by atoms with Crippen molar-refractivity contribution < 1.29 is 9.53 Å². The summed E-state index contributed by atoms with van der Waals surface area (Å²) in [5, 5.41) is 7.52. The largest absolute Gasteiger partial charge is 0.494 e. The van der Waals surface area contributed by atoms with Gasteiger partial charge in [0.05, 0.1) is 29.9 Å². The highest BCUT2D eigenvalue weighted by molar-refractivity contribution is 6.03. The van der Waals surface area contributed by atoms with Crippen LogP contribution in [-0.2, 0) is 11.8 Å². The third kappa shape index (κ3) is 5.81. The van der Waals surface area contributed by atoms with Gasteiger partial charge in [-0.3, -0.25) is 4.79 Å². The minimum absolute atomic E-state index is 0.240. The molecule has 9 nitrogen and oxygen atoms in total. The van der Waals surface area contributed by atoms with Crippen molar-refractivity contribution in [3.8, 4) is 17.0 Å². The van der Waals surface area contributed by atoms with Gasteiger partial charge < -0.3 is 29.7 Å². The number of carbonyl (C=O) groups excluding carboxylic acids is 1. The fraction of sp³-hybridized carbons (Fsp3) is 0.281. The first kappa shape index (κ1) is 27.9. The number of aromatic nitrogens is 3. The lowest BCUT2D eigenvalue weighted by molar-refractivity contribution is -0.111. The predicted octanol–water partition coefficient (Wildman–Crippen LogP) is 5.52. The zero-order valence-electron chi connectivity index (χ0n) is 24.3. The molecule has 0 aliphatic carbocycles. The Hall–Kier alpha value is -4.63. The van der Waals surface area contributed by atoms with Gasteiger partial charge in [0.1, 0.15) is 5.75 Å². The van der Waals surface area contributed by atoms with E-state index in [1.165, 1.54) is 6.08 Å². The Balaban J connectivity index is 1.53. The van der Waals surface area contributed by atoms with Crippen molar-refractivity contribution in [2.75, 3.05) is 49.8 Å². The van der Waals surface area contributed by atoms with Gasteiger partial charge in [-0.25, -0.2) is 9.97 Å². The molecular formula is C32H37N7O2. The van der Waals surface area contributed by atoms with Crippen LogP contribution in [0.25, 0.3) is 22.2 Å². The number of anilines is 4. The van der Waals surface area contributed by atoms with Crippen molar-refractivity contribution in [3.63, 3.8) is 0 Å². The lowest BCUT2D eigenvalue weighted by Gasteiger charge is -2.25. The van der Waals surface area contributed by atoms with Crippen LogP contribution in [0, 0.1) is 6.92 Å². The Morgan fingerprint density at radius 2 is 2.02 bits per heavy atom. The summed E-state index contributed by atoms with van der Waals surface area (Å²) in [6, 6.07) is 12.6. The number of likely N-dealkylation sites (N-methyl/N-ethyl adjacent to an activating group) is 1. The van der Waals surface area contributed by atoms with E-state index < -0.39 is 0 Å². The molecular weight excluding hydrogens is 514 g/mol. The van der Waals surface area contributed by atoms with E-state index in [-0.39, 0.29) is 5.91 Å². The maximum absolute atomic E-state index is 12.7. The van der Waals surface area contributed by atoms with Crippen LogP contribution in [0.3, 0.4) is 0 Å². The van der Waals surface area contributed by atoms with Crippen molar-refractivity contribution in [3.05, 3.63) is 79.2 Å². The monoisotopic (exact) mass is 551 g/mol. The Labute approximate surface area is 241 Å². The van der Waals surface area contributed by atoms with Crippen molar-refractivity contribution in [2.45, 2.75) is 19.4 Å². The van der Waals surface area contributed by atoms with Crippen LogP contribution in [0.2, 0.25) is 0 Å². The van der Waals surface area contributed by atoms with Gasteiger partial charge in [0.2, 0.25) is 11.9 Å². The summed E-state index contributed by atoms with van der Waals surface area (Å²) in [6.45, 7) is 7.40. The number of rotatable bonds is 9. The van der Waals surface area contributed by atoms with Gasteiger partial charge in [-0.05, 0) is 45.1 Å². The summed E-state index contributed by atoms with van der Waals surface area (Å²) in [6.07, 6.45) is 9.60. The molecule has 0 bridgehead atoms. The van der Waals surface area contributed by atoms with Gasteiger partial charge in [-0.1, -0.05) is 36.9 Å². The Morgan fingerprint density at radius 3 is 2.76 bits per heavy atom. The fourth-order valence-electron chi connectivity index (χ4n) is 5.34. The number of aryl methyl sites for hydroxylation is 2. The van der Waals surface area contributed by atoms with Crippen molar-refractivity contribution >= 4 is 39.8 Å². The molecule has 4 aromatic rings. The summed E-state index contributed by atoms with van der Waals surface area (Å²) in [5.74, 6) is 0.821. The third-order valence-corrected chi connectivity index (χ3v) is 7.56. The zero-order valence-corrected chi connectivity index (χ0v) is 24.3. The lowest BCUT2D eigenvalue weighted by Crippen LogP contribution is -2.31. The van der Waals surface area contributed by atoms with Crippen LogP contribution in [-0.4, -0.2) is 65.7 Å². The SMILES string of the molecule is C=C/C=C/C(=O)Nc1cc(Nc2ncc(C)c(-c3cn(C)c4ccccc34)n2)c(OC)cc1N1CC[C@@H](N(C)C)C1. The van der Waals surface area contributed by atoms with Crippen molar-refractivity contribution in [1.29, 1.82) is 0 Å². The molecule has 3 heterocycles. The van der Waals surface area contributed by atoms with Gasteiger partial charge in [-0.2, -0.15) is 0 Å². The van der Waals surface area contributed by atoms with Crippen LogP contribution in [0.5, 0.6) is 5.75 Å². The number of amides is 1. The molecule has 1 aliphatic heterocycles. The number of nitrogens with one attached hydrogen (secondary N) is 2. The topological polar surface area (TPSA) is 87.5 Å². The summed E-state index contributed by atoms with van der Waals surface area (Å²) in [4.78, 5) is 26.7. The highest BCUT2D eigenvalue weighted by Crippen LogP contribution is 2.40. The molecule has 1 atom stereocenters. The van der Waals surface area contributed by atoms with Gasteiger partial charge in [0.25, 0.3) is 0 Å². The zero-order chi connectivity index (χ0) is 29.1. The van der Waals surface area contributed by atoms with E-state index in [9.17, 15) is 4.79 Å². The number of allylic oxidation sites excluding steroid dienone is 2. The van der Waals surface area contributed by atoms with Crippen LogP contribution < -0.4 is 20.3 Å². The number of fused-ring (bicyclic) bond motifs is 1. The van der Waals surface area contributed by atoms with Crippen LogP contribution in [0.4, 0.5) is 23.0 Å². The van der Waals surface area contributed by atoms with Gasteiger partial charge in [0, 0.05) is 67.2 Å². The summed E-state index contributed by atoms with van der Waals surface area (Å²) in [7, 11) is 7.87. The molecule has 1 saturated heterocycles. The number of methoxy groups -OCH3 is 1. The van der Waals surface area contributed by atoms with E-state index in [1.807, 2.05) is 44.4 Å². The molecule has 0 spiro atoms. The van der Waals surface area contributed by atoms with E-state index in [1.54, 1.807) is 19.3 Å². The Bertz CT molecular complexity index is 1620. The number of ether oxygens (including phenoxy) is 1. The van der Waals surface area contributed by atoms with Crippen molar-refractivity contribution in [2.24, 2.45) is 7.05 Å². The third-order valence-electron chi connectivity index (χ3n) is 7.56. The van der Waals surface area contributed by atoms with Crippen LogP contribution in [0.1, 0.15) is 12.0 Å². The molecule has 1 amide bonds. The summed E-state index contributed by atoms with van der Waals surface area (Å²) < 4.78 is 7.93. The average Bonchev–Trinajstić information content (AvgIpc) is 3.59. The number of para-hydroxylation sites is 1. The molecule has 2 aromatic carbocycles. The molecule has 0 saturated carbocycles. The normalized spacial score (nSPS) is 15.2. The number of benzene rings is 2. The Kier molecular flexibility index (Phi) is 8.07. The molecule has 2 N–H and O–H groups in total. The van der Waals surface area contributed by atoms with Gasteiger partial charge in [0.15, 0.2) is 0 Å². The average molecular weight is 552 g/mol. The number of hydrogen-bond donors (Lipinski definition) is 2. The van der Waals surface area contributed by atoms with E-state index in [0.29, 0.717) is 29.1 Å². The van der Waals surface area contributed by atoms with E-state index in [0.717, 1.165) is 52.9 Å². The van der Waals surface area contributed by atoms with E-state index >= 15 is 0 Å². The molecule has 2 aromatic heterocycles. The minimum atomic E-state index is -0.240. The van der Waals surface area contributed by atoms with Gasteiger partial charge >= 0.3 is 0 Å². The predicted molar refractivity (Wildman–Crippen MR) is 167 cm³/mol. The second-order valence-electron chi connectivity index (χ2n) is 10.5. The second-order valence-corrected chi connectivity index (χ2v) is 10.5. The maximum Gasteiger partial charge on any atom is 0.248 e. The first-order valence-corrected chi connectivity index (χ1v) is 13.7. The quantitative estimate of drug-likeness (QED) is 0.209. The number of hydrogen-bond acceptors (Lipinski definition) is 7. The summed E-state index contributed by atoms with van der Waals surface area (Å²) in [5.41, 5.74) is 6.23. The standard InChI is InChI=1S/C32H37N7O2/c1-7-8-13-30(40)34-25-16-26(29(41-6)17-28(25)39-15-14-22(19-39)37(3)4)35-32-33-18-21(2)31(36-32)24-20-38(5)27-12-10-9-11-23(24)27/h7-13,16-18,20,22H,1,14-15,19H2,2-6H3,(H,34,40)(H,33,35,36)/b13-8+/t22-/m1/s1. The van der Waals surface area contributed by atoms with Crippen LogP contribution >= 0.6 is 0 Å². The lowest BCUT2D eigenvalue weighted by atomic mass is 10.1. The first-order valence-electron chi connectivity index (χ1n) is 13.7. The molecule has 5 rings (SSSR count). The highest BCUT2D eigenvalue weighted by Gasteiger charge is 2.27. The summed E-state index contributed by atoms with van der Waals surface area (Å²) >= 11 is 0. The van der Waals surface area contributed by atoms with E-state index in [2.05, 4.69) is 69.0 Å². The molecule has 0 radical (unpaired) electrons. The minimum Gasteiger partial charge on any atom is -0.494 e. The molecule has 212 valence electrons. The number of nitrogens with zero attached hydrogens (tertiary/aromatic N) is 5.